The first kappa shape index (κ1) is 34.9. The quantitative estimate of drug-likeness (QED) is 0.107. The van der Waals surface area contributed by atoms with Gasteiger partial charge in [-0.15, -0.1) is 0 Å². The van der Waals surface area contributed by atoms with E-state index < -0.39 is 0 Å². The van der Waals surface area contributed by atoms with E-state index in [0.29, 0.717) is 0 Å². The summed E-state index contributed by atoms with van der Waals surface area (Å²) >= 11 is 0. The summed E-state index contributed by atoms with van der Waals surface area (Å²) < 4.78 is 0. The maximum atomic E-state index is 2.61. The van der Waals surface area contributed by atoms with Crippen LogP contribution in [0.5, 0.6) is 0 Å². The van der Waals surface area contributed by atoms with E-state index in [4.69, 9.17) is 0 Å². The van der Waals surface area contributed by atoms with E-state index in [1.165, 1.54) is 132 Å². The van der Waals surface area contributed by atoms with E-state index in [0.717, 1.165) is 0 Å². The predicted octanol–water partition coefficient (Wildman–Crippen LogP) is 10.7. The highest BCUT2D eigenvalue weighted by molar-refractivity contribution is 7.03. The van der Waals surface area contributed by atoms with Crippen molar-refractivity contribution in [2.24, 2.45) is 0 Å². The second-order valence-electron chi connectivity index (χ2n) is 22.5. The molecule has 0 spiro atoms. The summed E-state index contributed by atoms with van der Waals surface area (Å²) in [7, 11) is 0. The Morgan fingerprint density at radius 2 is 0.603 bits per heavy atom. The van der Waals surface area contributed by atoms with Crippen molar-refractivity contribution in [3.63, 3.8) is 0 Å². The van der Waals surface area contributed by atoms with Gasteiger partial charge in [0.05, 0.1) is 0 Å². The zero-order chi connectivity index (χ0) is 40.3. The van der Waals surface area contributed by atoms with Gasteiger partial charge in [0.15, 0.2) is 0 Å². The molecule has 0 fully saturated rings. The summed E-state index contributed by atoms with van der Waals surface area (Å²) in [6, 6.07) is 40.2. The van der Waals surface area contributed by atoms with E-state index in [-0.39, 0.29) is 35.1 Å². The molecule has 4 aliphatic rings. The lowest BCUT2D eigenvalue weighted by atomic mass is 9.34. The monoisotopic (exact) mass is 746 g/mol. The molecule has 0 saturated heterocycles. The number of hydrogen-bond acceptors (Lipinski definition) is 0. The van der Waals surface area contributed by atoms with Gasteiger partial charge >= 0.3 is 0 Å². The Bertz CT molecular complexity index is 2980. The topological polar surface area (TPSA) is 0 Å². The molecule has 282 valence electrons. The Morgan fingerprint density at radius 3 is 0.948 bits per heavy atom. The standard InChI is InChI=1S/C56H52B2/c1-53(2,3)31-15-19-43-37(23-31)41-27-33(55(7,8)9)25-39-35-17-13-30-22-46-50-36(18-14-29-21-45(57(43)51(39)41)49(35)47(30)48(29)50)40-26-34(56(10,11)12)28-42-38-24-32(54(4,5)6)16-20-44(38)58(46)52(40)42/h13-28H,1-12H3. The molecule has 58 heavy (non-hydrogen) atoms. The van der Waals surface area contributed by atoms with Gasteiger partial charge in [-0.25, -0.2) is 0 Å². The van der Waals surface area contributed by atoms with Crippen LogP contribution in [0.15, 0.2) is 97.1 Å². The lowest BCUT2D eigenvalue weighted by Gasteiger charge is -2.32. The molecule has 0 radical (unpaired) electrons. The molecule has 8 aromatic carbocycles. The molecule has 4 aliphatic heterocycles. The largest absolute Gasteiger partial charge is 0.244 e. The van der Waals surface area contributed by atoms with Crippen molar-refractivity contribution in [2.75, 3.05) is 0 Å². The van der Waals surface area contributed by atoms with E-state index in [1.807, 2.05) is 0 Å². The van der Waals surface area contributed by atoms with Crippen LogP contribution in [0, 0.1) is 0 Å². The lowest BCUT2D eigenvalue weighted by Crippen LogP contribution is -2.53. The van der Waals surface area contributed by atoms with Gasteiger partial charge in [-0.3, -0.25) is 0 Å². The third kappa shape index (κ3) is 4.35. The second-order valence-corrected chi connectivity index (χ2v) is 22.5. The van der Waals surface area contributed by atoms with E-state index in [2.05, 4.69) is 180 Å². The van der Waals surface area contributed by atoms with Gasteiger partial charge in [0, 0.05) is 0 Å². The van der Waals surface area contributed by atoms with Crippen molar-refractivity contribution in [1.29, 1.82) is 0 Å². The first-order chi connectivity index (χ1) is 27.3. The van der Waals surface area contributed by atoms with Crippen LogP contribution in [-0.4, -0.2) is 13.4 Å². The van der Waals surface area contributed by atoms with Gasteiger partial charge in [0.2, 0.25) is 13.4 Å². The van der Waals surface area contributed by atoms with Crippen molar-refractivity contribution >= 4 is 78.5 Å². The minimum Gasteiger partial charge on any atom is -0.0661 e. The molecular formula is C56H52B2. The van der Waals surface area contributed by atoms with Gasteiger partial charge in [0.1, 0.15) is 0 Å². The summed E-state index contributed by atoms with van der Waals surface area (Å²) in [4.78, 5) is 0. The van der Waals surface area contributed by atoms with Crippen molar-refractivity contribution in [3.8, 4) is 44.5 Å². The molecule has 2 heteroatoms. The van der Waals surface area contributed by atoms with E-state index in [1.54, 1.807) is 0 Å². The number of rotatable bonds is 0. The molecule has 0 N–H and O–H groups in total. The first-order valence-corrected chi connectivity index (χ1v) is 21.7. The SMILES string of the molecule is CC(C)(C)c1ccc2c(c1)-c1cc(C(C)(C)C)cc3c1B2c1cc2ccc4c5c(cc6ccc-3c1c6c25)B1c2ccc(C(C)(C)C)cc2-c2cc(C(C)(C)C)cc-4c21. The molecule has 12 rings (SSSR count). The van der Waals surface area contributed by atoms with Crippen molar-refractivity contribution < 1.29 is 0 Å². The van der Waals surface area contributed by atoms with Gasteiger partial charge in [-0.05, 0) is 121 Å². The van der Waals surface area contributed by atoms with Crippen LogP contribution in [0.2, 0.25) is 0 Å². The molecule has 0 amide bonds. The van der Waals surface area contributed by atoms with E-state index >= 15 is 0 Å². The van der Waals surface area contributed by atoms with Crippen LogP contribution in [0.25, 0.3) is 76.8 Å². The highest BCUT2D eigenvalue weighted by atomic mass is 14.4. The highest BCUT2D eigenvalue weighted by Crippen LogP contribution is 2.48. The summed E-state index contributed by atoms with van der Waals surface area (Å²) in [5.74, 6) is 0. The second kappa shape index (κ2) is 10.6. The van der Waals surface area contributed by atoms with Crippen molar-refractivity contribution in [3.05, 3.63) is 119 Å². The van der Waals surface area contributed by atoms with Crippen LogP contribution in [0.3, 0.4) is 0 Å². The Balaban J connectivity index is 1.21. The maximum absolute atomic E-state index is 2.61. The van der Waals surface area contributed by atoms with Crippen molar-refractivity contribution in [2.45, 2.75) is 105 Å². The van der Waals surface area contributed by atoms with E-state index in [9.17, 15) is 0 Å². The van der Waals surface area contributed by atoms with Crippen LogP contribution < -0.4 is 32.8 Å². The van der Waals surface area contributed by atoms with Gasteiger partial charge < -0.3 is 0 Å². The van der Waals surface area contributed by atoms with Crippen molar-refractivity contribution in [1.82, 2.24) is 0 Å². The molecule has 0 aromatic heterocycles. The van der Waals surface area contributed by atoms with Gasteiger partial charge in [0.25, 0.3) is 0 Å². The van der Waals surface area contributed by atoms with Crippen LogP contribution in [-0.2, 0) is 21.7 Å². The fourth-order valence-corrected chi connectivity index (χ4v) is 11.7. The lowest BCUT2D eigenvalue weighted by molar-refractivity contribution is 0.590. The molecule has 0 nitrogen and oxygen atoms in total. The molecule has 0 saturated carbocycles. The minimum atomic E-state index is 0.0274. The molecule has 0 bridgehead atoms. The first-order valence-electron chi connectivity index (χ1n) is 21.7. The number of benzene rings is 8. The predicted molar refractivity (Wildman–Crippen MR) is 256 cm³/mol. The Labute approximate surface area is 345 Å². The molecule has 0 unspecified atom stereocenters. The van der Waals surface area contributed by atoms with Crippen LogP contribution >= 0.6 is 0 Å². The fraction of sp³-hybridized carbons (Fsp3) is 0.286. The molecule has 8 aromatic rings. The van der Waals surface area contributed by atoms with Gasteiger partial charge in [-0.2, -0.15) is 0 Å². The summed E-state index contributed by atoms with van der Waals surface area (Å²) in [6.45, 7) is 28.8. The summed E-state index contributed by atoms with van der Waals surface area (Å²) in [6.07, 6.45) is 0. The molecule has 0 atom stereocenters. The van der Waals surface area contributed by atoms with Gasteiger partial charge in [-0.1, -0.05) is 213 Å². The van der Waals surface area contributed by atoms with Crippen LogP contribution in [0.4, 0.5) is 0 Å². The normalized spacial score (nSPS) is 14.8. The smallest absolute Gasteiger partial charge is 0.0661 e. The third-order valence-corrected chi connectivity index (χ3v) is 14.8. The number of fused-ring (bicyclic) bond motifs is 10. The molecule has 4 heterocycles. The maximum Gasteiger partial charge on any atom is 0.244 e. The average molecular weight is 747 g/mol. The highest BCUT2D eigenvalue weighted by Gasteiger charge is 2.45. The Morgan fingerprint density at radius 1 is 0.276 bits per heavy atom. The summed E-state index contributed by atoms with van der Waals surface area (Å²) in [5, 5.41) is 8.59. The molecule has 0 aliphatic carbocycles. The number of hydrogen-bond donors (Lipinski definition) is 0. The molecular weight excluding hydrogens is 694 g/mol. The summed E-state index contributed by atoms with van der Waals surface area (Å²) in [5.41, 5.74) is 26.2. The van der Waals surface area contributed by atoms with Crippen LogP contribution in [0.1, 0.15) is 105 Å². The zero-order valence-electron chi connectivity index (χ0n) is 36.4. The fourth-order valence-electron chi connectivity index (χ4n) is 11.7. The Hall–Kier alpha value is -5.07. The third-order valence-electron chi connectivity index (χ3n) is 14.8. The zero-order valence-corrected chi connectivity index (χ0v) is 36.4. The average Bonchev–Trinajstić information content (AvgIpc) is 3.67. The minimum absolute atomic E-state index is 0.0274. The Kier molecular flexibility index (Phi) is 6.36.